The van der Waals surface area contributed by atoms with E-state index in [4.69, 9.17) is 0 Å². The maximum atomic E-state index is 12.9. The lowest BCUT2D eigenvalue weighted by molar-refractivity contribution is -0.155. The number of alkyl halides is 3. The maximum absolute atomic E-state index is 12.9. The van der Waals surface area contributed by atoms with Gasteiger partial charge >= 0.3 is 6.18 Å². The Hall–Kier alpha value is -1.03. The minimum absolute atomic E-state index is 0.0163. The number of benzene rings is 1. The number of nitrogens with one attached hydrogen (secondary N) is 1. The Morgan fingerprint density at radius 2 is 1.60 bits per heavy atom. The fraction of sp³-hybridized carbons (Fsp3) is 0.625. The van der Waals surface area contributed by atoms with Crippen LogP contribution in [-0.4, -0.2) is 18.8 Å². The summed E-state index contributed by atoms with van der Waals surface area (Å²) in [6.45, 7) is 8.50. The van der Waals surface area contributed by atoms with Crippen LogP contribution in [0.15, 0.2) is 24.3 Å². The highest BCUT2D eigenvalue weighted by Gasteiger charge is 2.38. The molecule has 0 fully saturated rings. The minimum atomic E-state index is -4.21. The number of rotatable bonds is 5. The molecule has 1 atom stereocenters. The molecule has 0 heterocycles. The predicted octanol–water partition coefficient (Wildman–Crippen LogP) is 4.46. The van der Waals surface area contributed by atoms with E-state index in [9.17, 15) is 13.2 Å². The van der Waals surface area contributed by atoms with Gasteiger partial charge in [-0.25, -0.2) is 0 Å². The van der Waals surface area contributed by atoms with Crippen LogP contribution in [0.2, 0.25) is 0 Å². The van der Waals surface area contributed by atoms with Gasteiger partial charge in [-0.15, -0.1) is 0 Å². The van der Waals surface area contributed by atoms with E-state index in [0.29, 0.717) is 18.5 Å². The van der Waals surface area contributed by atoms with Gasteiger partial charge in [0.25, 0.3) is 0 Å². The summed E-state index contributed by atoms with van der Waals surface area (Å²) in [5.74, 6) is 0. The molecular weight excluding hydrogens is 263 g/mol. The Bertz CT molecular complexity index is 401. The quantitative estimate of drug-likeness (QED) is 0.843. The average Bonchev–Trinajstić information content (AvgIpc) is 2.32. The first-order chi connectivity index (χ1) is 9.14. The molecule has 20 heavy (non-hydrogen) atoms. The summed E-state index contributed by atoms with van der Waals surface area (Å²) in [6, 6.07) is 5.97. The summed E-state index contributed by atoms with van der Waals surface area (Å²) in [4.78, 5) is 0. The van der Waals surface area contributed by atoms with Crippen molar-refractivity contribution in [1.82, 2.24) is 5.32 Å². The molecular formula is C16H24F3N. The largest absolute Gasteiger partial charge is 0.404 e. The van der Waals surface area contributed by atoms with Gasteiger partial charge in [-0.3, -0.25) is 0 Å². The van der Waals surface area contributed by atoms with Crippen molar-refractivity contribution in [3.05, 3.63) is 35.4 Å². The van der Waals surface area contributed by atoms with Crippen LogP contribution in [0, 0.1) is 0 Å². The first-order valence-electron chi connectivity index (χ1n) is 7.04. The zero-order valence-electron chi connectivity index (χ0n) is 12.6. The molecule has 0 aliphatic heterocycles. The Morgan fingerprint density at radius 3 is 2.00 bits per heavy atom. The predicted molar refractivity (Wildman–Crippen MR) is 77.0 cm³/mol. The van der Waals surface area contributed by atoms with Gasteiger partial charge in [0, 0.05) is 0 Å². The average molecular weight is 287 g/mol. The van der Waals surface area contributed by atoms with E-state index in [0.717, 1.165) is 5.56 Å². The lowest BCUT2D eigenvalue weighted by Gasteiger charge is -2.23. The van der Waals surface area contributed by atoms with E-state index in [2.05, 4.69) is 26.1 Å². The number of halogens is 3. The van der Waals surface area contributed by atoms with Crippen molar-refractivity contribution in [3.8, 4) is 0 Å². The monoisotopic (exact) mass is 287 g/mol. The highest BCUT2D eigenvalue weighted by Crippen LogP contribution is 2.25. The van der Waals surface area contributed by atoms with Gasteiger partial charge in [0.1, 0.15) is 6.04 Å². The zero-order chi connectivity index (χ0) is 15.4. The van der Waals surface area contributed by atoms with Gasteiger partial charge in [0.15, 0.2) is 0 Å². The first kappa shape index (κ1) is 17.0. The van der Waals surface area contributed by atoms with Crippen LogP contribution in [0.5, 0.6) is 0 Å². The van der Waals surface area contributed by atoms with E-state index >= 15 is 0 Å². The van der Waals surface area contributed by atoms with Crippen LogP contribution >= 0.6 is 0 Å². The van der Waals surface area contributed by atoms with E-state index < -0.39 is 12.2 Å². The maximum Gasteiger partial charge on any atom is 0.404 e. The standard InChI is InChI=1S/C16H24F3N/c1-5-10-20-14(16(17,18)19)11-12-6-8-13(9-7-12)15(2,3)4/h6-9,14,20H,5,10-11H2,1-4H3. The Labute approximate surface area is 119 Å². The van der Waals surface area contributed by atoms with Gasteiger partial charge in [0.2, 0.25) is 0 Å². The molecule has 1 N–H and O–H groups in total. The second kappa shape index (κ2) is 6.61. The molecule has 0 aromatic heterocycles. The normalized spacial score (nSPS) is 14.3. The van der Waals surface area contributed by atoms with Crippen molar-refractivity contribution in [2.45, 2.75) is 58.2 Å². The van der Waals surface area contributed by atoms with Gasteiger partial charge < -0.3 is 5.32 Å². The molecule has 0 radical (unpaired) electrons. The Morgan fingerprint density at radius 1 is 1.05 bits per heavy atom. The van der Waals surface area contributed by atoms with Crippen LogP contribution in [-0.2, 0) is 11.8 Å². The highest BCUT2D eigenvalue weighted by atomic mass is 19.4. The molecule has 114 valence electrons. The van der Waals surface area contributed by atoms with E-state index in [1.54, 1.807) is 12.1 Å². The van der Waals surface area contributed by atoms with Crippen molar-refractivity contribution in [1.29, 1.82) is 0 Å². The molecule has 1 nitrogen and oxygen atoms in total. The second-order valence-corrected chi connectivity index (χ2v) is 6.20. The molecule has 0 bridgehead atoms. The molecule has 4 heteroatoms. The van der Waals surface area contributed by atoms with Crippen molar-refractivity contribution < 1.29 is 13.2 Å². The molecule has 0 saturated carbocycles. The highest BCUT2D eigenvalue weighted by molar-refractivity contribution is 5.28. The van der Waals surface area contributed by atoms with Gasteiger partial charge in [0.05, 0.1) is 0 Å². The lowest BCUT2D eigenvalue weighted by atomic mass is 9.86. The molecule has 1 aromatic rings. The minimum Gasteiger partial charge on any atom is -0.306 e. The fourth-order valence-corrected chi connectivity index (χ4v) is 2.00. The first-order valence-corrected chi connectivity index (χ1v) is 7.04. The third kappa shape index (κ3) is 5.16. The third-order valence-corrected chi connectivity index (χ3v) is 3.30. The molecule has 0 amide bonds. The van der Waals surface area contributed by atoms with Crippen molar-refractivity contribution in [2.24, 2.45) is 0 Å². The summed E-state index contributed by atoms with van der Waals surface area (Å²) < 4.78 is 38.8. The van der Waals surface area contributed by atoms with E-state index in [1.165, 1.54) is 0 Å². The van der Waals surface area contributed by atoms with E-state index in [1.807, 2.05) is 19.1 Å². The fourth-order valence-electron chi connectivity index (χ4n) is 2.00. The van der Waals surface area contributed by atoms with Crippen LogP contribution in [0.4, 0.5) is 13.2 Å². The SMILES string of the molecule is CCCNC(Cc1ccc(C(C)(C)C)cc1)C(F)(F)F. The summed E-state index contributed by atoms with van der Waals surface area (Å²) in [7, 11) is 0. The van der Waals surface area contributed by atoms with Crippen LogP contribution in [0.25, 0.3) is 0 Å². The van der Waals surface area contributed by atoms with Crippen molar-refractivity contribution >= 4 is 0 Å². The topological polar surface area (TPSA) is 12.0 Å². The van der Waals surface area contributed by atoms with Crippen molar-refractivity contribution in [2.75, 3.05) is 6.54 Å². The Balaban J connectivity index is 2.79. The molecule has 0 aliphatic carbocycles. The summed E-state index contributed by atoms with van der Waals surface area (Å²) in [5, 5.41) is 2.58. The van der Waals surface area contributed by atoms with Crippen molar-refractivity contribution in [3.63, 3.8) is 0 Å². The molecule has 0 spiro atoms. The number of hydrogen-bond donors (Lipinski definition) is 1. The van der Waals surface area contributed by atoms with Gasteiger partial charge in [-0.2, -0.15) is 13.2 Å². The van der Waals surface area contributed by atoms with Gasteiger partial charge in [-0.05, 0) is 35.9 Å². The summed E-state index contributed by atoms with van der Waals surface area (Å²) in [5.41, 5.74) is 1.86. The third-order valence-electron chi connectivity index (χ3n) is 3.30. The summed E-state index contributed by atoms with van der Waals surface area (Å²) in [6.07, 6.45) is -3.54. The lowest BCUT2D eigenvalue weighted by Crippen LogP contribution is -2.44. The van der Waals surface area contributed by atoms with Crippen LogP contribution in [0.1, 0.15) is 45.2 Å². The smallest absolute Gasteiger partial charge is 0.306 e. The van der Waals surface area contributed by atoms with Gasteiger partial charge in [-0.1, -0.05) is 52.0 Å². The Kier molecular flexibility index (Phi) is 5.63. The number of hydrogen-bond acceptors (Lipinski definition) is 1. The molecule has 0 aliphatic rings. The van der Waals surface area contributed by atoms with E-state index in [-0.39, 0.29) is 11.8 Å². The zero-order valence-corrected chi connectivity index (χ0v) is 12.6. The molecule has 1 rings (SSSR count). The van der Waals surface area contributed by atoms with Crippen LogP contribution < -0.4 is 5.32 Å². The molecule has 1 aromatic carbocycles. The molecule has 0 saturated heterocycles. The second-order valence-electron chi connectivity index (χ2n) is 6.20. The molecule has 1 unspecified atom stereocenters. The van der Waals surface area contributed by atoms with Crippen LogP contribution in [0.3, 0.4) is 0 Å². The summed E-state index contributed by atoms with van der Waals surface area (Å²) >= 11 is 0.